The van der Waals surface area contributed by atoms with Crippen LogP contribution in [-0.2, 0) is 22.4 Å². The summed E-state index contributed by atoms with van der Waals surface area (Å²) in [7, 11) is -2.56. The van der Waals surface area contributed by atoms with Crippen molar-refractivity contribution in [1.29, 1.82) is 5.26 Å². The number of nitrogens with zero attached hydrogens (tertiary/aromatic N) is 6. The molecule has 3 aromatic rings. The Morgan fingerprint density at radius 3 is 2.70 bits per heavy atom. The standard InChI is InChI=1S/C20H20F3N7O2S/c1-29-12-15(10-26-29)27-18-25-6-2-17(28-18)14-3-7-30(11-14)19(4-5-24)8-16(9-19)33(31,32)13-20(21,22)23/h2-3,6-7,10-12,16H,4,8-9,13H2,1H3,(H,25,27,28). The third kappa shape index (κ3) is 4.85. The van der Waals surface area contributed by atoms with Gasteiger partial charge in [0.1, 0.15) is 5.75 Å². The summed E-state index contributed by atoms with van der Waals surface area (Å²) in [6.07, 6.45) is 3.46. The van der Waals surface area contributed by atoms with Gasteiger partial charge >= 0.3 is 6.18 Å². The van der Waals surface area contributed by atoms with Crippen LogP contribution in [0, 0.1) is 11.3 Å². The number of halogens is 3. The molecule has 0 atom stereocenters. The van der Waals surface area contributed by atoms with Gasteiger partial charge in [-0.15, -0.1) is 0 Å². The number of alkyl halides is 3. The minimum atomic E-state index is -4.79. The minimum Gasteiger partial charge on any atom is -0.346 e. The summed E-state index contributed by atoms with van der Waals surface area (Å²) in [4.78, 5) is 8.65. The van der Waals surface area contributed by atoms with E-state index in [4.69, 9.17) is 0 Å². The van der Waals surface area contributed by atoms with Gasteiger partial charge in [-0.1, -0.05) is 0 Å². The van der Waals surface area contributed by atoms with Gasteiger partial charge in [0.05, 0.1) is 40.9 Å². The van der Waals surface area contributed by atoms with Crippen molar-refractivity contribution in [3.8, 4) is 17.3 Å². The molecule has 0 amide bonds. The van der Waals surface area contributed by atoms with E-state index in [1.54, 1.807) is 59.4 Å². The summed E-state index contributed by atoms with van der Waals surface area (Å²) < 4.78 is 65.5. The molecule has 0 radical (unpaired) electrons. The Bertz CT molecular complexity index is 1300. The SMILES string of the molecule is Cn1cc(Nc2nccc(-c3ccn(C4(CC#N)CC(S(=O)(=O)CC(F)(F)F)C4)c3)n2)cn1. The fraction of sp³-hybridized carbons (Fsp3) is 0.400. The van der Waals surface area contributed by atoms with Crippen LogP contribution in [0.4, 0.5) is 24.8 Å². The number of hydrogen-bond acceptors (Lipinski definition) is 7. The van der Waals surface area contributed by atoms with Crippen molar-refractivity contribution in [2.24, 2.45) is 7.05 Å². The Morgan fingerprint density at radius 2 is 2.06 bits per heavy atom. The number of nitrogens with one attached hydrogen (secondary N) is 1. The normalized spacial score (nSPS) is 20.8. The summed E-state index contributed by atoms with van der Waals surface area (Å²) >= 11 is 0. The summed E-state index contributed by atoms with van der Waals surface area (Å²) in [5.41, 5.74) is 1.12. The summed E-state index contributed by atoms with van der Waals surface area (Å²) in [6.45, 7) is 0. The van der Waals surface area contributed by atoms with Gasteiger partial charge in [-0.2, -0.15) is 23.5 Å². The van der Waals surface area contributed by atoms with Crippen LogP contribution in [0.5, 0.6) is 0 Å². The number of sulfone groups is 1. The molecule has 33 heavy (non-hydrogen) atoms. The zero-order valence-electron chi connectivity index (χ0n) is 17.5. The number of aromatic nitrogens is 5. The van der Waals surface area contributed by atoms with Crippen LogP contribution < -0.4 is 5.32 Å². The summed E-state index contributed by atoms with van der Waals surface area (Å²) in [5.74, 6) is -1.50. The maximum Gasteiger partial charge on any atom is 0.402 e. The van der Waals surface area contributed by atoms with Crippen molar-refractivity contribution in [2.75, 3.05) is 11.1 Å². The minimum absolute atomic E-state index is 0.0171. The smallest absolute Gasteiger partial charge is 0.346 e. The molecule has 1 fully saturated rings. The topological polar surface area (TPSA) is 118 Å². The van der Waals surface area contributed by atoms with Crippen LogP contribution in [0.15, 0.2) is 43.1 Å². The van der Waals surface area contributed by atoms with E-state index in [9.17, 15) is 26.9 Å². The van der Waals surface area contributed by atoms with E-state index >= 15 is 0 Å². The zero-order valence-corrected chi connectivity index (χ0v) is 18.3. The highest BCUT2D eigenvalue weighted by atomic mass is 32.2. The van der Waals surface area contributed by atoms with Crippen molar-refractivity contribution in [3.63, 3.8) is 0 Å². The molecule has 0 unspecified atom stereocenters. The average Bonchev–Trinajstić information content (AvgIpc) is 3.32. The van der Waals surface area contributed by atoms with Crippen LogP contribution in [0.1, 0.15) is 19.3 Å². The molecule has 0 bridgehead atoms. The van der Waals surface area contributed by atoms with E-state index in [0.29, 0.717) is 22.9 Å². The van der Waals surface area contributed by atoms with E-state index in [-0.39, 0.29) is 19.3 Å². The highest BCUT2D eigenvalue weighted by molar-refractivity contribution is 7.92. The second-order valence-electron chi connectivity index (χ2n) is 8.11. The van der Waals surface area contributed by atoms with Crippen molar-refractivity contribution < 1.29 is 21.6 Å². The second-order valence-corrected chi connectivity index (χ2v) is 10.4. The second kappa shape index (κ2) is 8.18. The molecule has 0 aromatic carbocycles. The molecule has 13 heteroatoms. The van der Waals surface area contributed by atoms with E-state index in [1.807, 2.05) is 6.07 Å². The van der Waals surface area contributed by atoms with Crippen molar-refractivity contribution in [1.82, 2.24) is 24.3 Å². The first-order valence-corrected chi connectivity index (χ1v) is 11.6. The quantitative estimate of drug-likeness (QED) is 0.553. The Labute approximate surface area is 187 Å². The van der Waals surface area contributed by atoms with Gasteiger partial charge in [-0.3, -0.25) is 4.68 Å². The maximum atomic E-state index is 12.6. The van der Waals surface area contributed by atoms with E-state index in [2.05, 4.69) is 20.4 Å². The molecular weight excluding hydrogens is 459 g/mol. The van der Waals surface area contributed by atoms with Crippen LogP contribution in [-0.4, -0.2) is 49.9 Å². The number of aryl methyl sites for hydroxylation is 1. The lowest BCUT2D eigenvalue weighted by Gasteiger charge is -2.47. The zero-order chi connectivity index (χ0) is 23.9. The molecule has 1 aliphatic rings. The summed E-state index contributed by atoms with van der Waals surface area (Å²) in [5, 5.41) is 15.3. The van der Waals surface area contributed by atoms with E-state index in [0.717, 1.165) is 0 Å². The number of hydrogen-bond donors (Lipinski definition) is 1. The first-order chi connectivity index (χ1) is 15.5. The molecule has 4 rings (SSSR count). The first kappa shape index (κ1) is 22.8. The number of anilines is 2. The van der Waals surface area contributed by atoms with Gasteiger partial charge in [-0.05, 0) is 25.0 Å². The molecule has 3 aromatic heterocycles. The van der Waals surface area contributed by atoms with E-state index < -0.39 is 32.6 Å². The van der Waals surface area contributed by atoms with Crippen LogP contribution in [0.25, 0.3) is 11.3 Å². The fourth-order valence-electron chi connectivity index (χ4n) is 4.02. The largest absolute Gasteiger partial charge is 0.402 e. The first-order valence-electron chi connectivity index (χ1n) is 9.93. The molecule has 1 aliphatic carbocycles. The molecular formula is C20H20F3N7O2S. The maximum absolute atomic E-state index is 12.6. The third-order valence-corrected chi connectivity index (χ3v) is 7.73. The van der Waals surface area contributed by atoms with Crippen LogP contribution in [0.3, 0.4) is 0 Å². The van der Waals surface area contributed by atoms with Crippen LogP contribution >= 0.6 is 0 Å². The molecule has 174 valence electrons. The molecule has 3 heterocycles. The van der Waals surface area contributed by atoms with Gasteiger partial charge in [0.2, 0.25) is 5.95 Å². The lowest BCUT2D eigenvalue weighted by atomic mass is 9.74. The number of rotatable bonds is 7. The average molecular weight is 479 g/mol. The molecule has 1 saturated carbocycles. The summed E-state index contributed by atoms with van der Waals surface area (Å²) in [6, 6.07) is 5.49. The predicted molar refractivity (Wildman–Crippen MR) is 113 cm³/mol. The lowest BCUT2D eigenvalue weighted by Crippen LogP contribution is -2.53. The predicted octanol–water partition coefficient (Wildman–Crippen LogP) is 3.17. The number of nitriles is 1. The van der Waals surface area contributed by atoms with E-state index in [1.165, 1.54) is 0 Å². The van der Waals surface area contributed by atoms with Gasteiger partial charge in [0, 0.05) is 37.4 Å². The molecule has 0 saturated heterocycles. The van der Waals surface area contributed by atoms with Gasteiger partial charge in [0.15, 0.2) is 9.84 Å². The highest BCUT2D eigenvalue weighted by Crippen LogP contribution is 2.47. The molecule has 0 spiro atoms. The van der Waals surface area contributed by atoms with Gasteiger partial charge in [-0.25, -0.2) is 18.4 Å². The molecule has 9 nitrogen and oxygen atoms in total. The molecule has 1 N–H and O–H groups in total. The molecule has 0 aliphatic heterocycles. The fourth-order valence-corrected chi connectivity index (χ4v) is 5.84. The van der Waals surface area contributed by atoms with Crippen LogP contribution in [0.2, 0.25) is 0 Å². The Kier molecular flexibility index (Phi) is 5.65. The lowest BCUT2D eigenvalue weighted by molar-refractivity contribution is -0.106. The highest BCUT2D eigenvalue weighted by Gasteiger charge is 2.53. The Balaban J connectivity index is 1.53. The van der Waals surface area contributed by atoms with Gasteiger partial charge in [0.25, 0.3) is 0 Å². The third-order valence-electron chi connectivity index (χ3n) is 5.65. The van der Waals surface area contributed by atoms with Crippen molar-refractivity contribution in [3.05, 3.63) is 43.1 Å². The monoisotopic (exact) mass is 479 g/mol. The van der Waals surface area contributed by atoms with Crippen molar-refractivity contribution >= 4 is 21.5 Å². The van der Waals surface area contributed by atoms with Gasteiger partial charge < -0.3 is 9.88 Å². The Morgan fingerprint density at radius 1 is 1.30 bits per heavy atom. The van der Waals surface area contributed by atoms with Crippen molar-refractivity contribution in [2.45, 2.75) is 36.2 Å². The Hall–Kier alpha value is -3.40.